The molecule has 0 unspecified atom stereocenters. The molecule has 1 heterocycles. The van der Waals surface area contributed by atoms with Crippen LogP contribution in [-0.2, 0) is 16.6 Å². The Balaban J connectivity index is 1.73. The van der Waals surface area contributed by atoms with E-state index in [1.165, 1.54) is 10.6 Å². The van der Waals surface area contributed by atoms with Crippen molar-refractivity contribution in [2.75, 3.05) is 26.5 Å². The second-order valence-electron chi connectivity index (χ2n) is 5.61. The Kier molecular flexibility index (Phi) is 5.84. The van der Waals surface area contributed by atoms with E-state index in [-0.39, 0.29) is 12.1 Å². The van der Waals surface area contributed by atoms with Crippen LogP contribution in [0.2, 0.25) is 0 Å². The van der Waals surface area contributed by atoms with E-state index in [0.29, 0.717) is 32.5 Å². The van der Waals surface area contributed by atoms with Crippen molar-refractivity contribution in [1.82, 2.24) is 14.9 Å². The highest BCUT2D eigenvalue weighted by atomic mass is 32.2. The maximum atomic E-state index is 11.9. The third-order valence-electron chi connectivity index (χ3n) is 3.87. The Hall–Kier alpha value is -1.80. The van der Waals surface area contributed by atoms with Gasteiger partial charge in [0.15, 0.2) is 0 Å². The SMILES string of the molecule is COc1ccc(CNC(=O)NC2CCN(S(C)(=O)=O)CC2)cc1. The summed E-state index contributed by atoms with van der Waals surface area (Å²) in [6.07, 6.45) is 2.47. The molecule has 1 aliphatic heterocycles. The molecule has 0 radical (unpaired) electrons. The van der Waals surface area contributed by atoms with Crippen LogP contribution in [0.25, 0.3) is 0 Å². The second kappa shape index (κ2) is 7.65. The largest absolute Gasteiger partial charge is 0.497 e. The summed E-state index contributed by atoms with van der Waals surface area (Å²) in [7, 11) is -1.53. The highest BCUT2D eigenvalue weighted by Crippen LogP contribution is 2.13. The minimum absolute atomic E-state index is 0.00358. The number of hydrogen-bond donors (Lipinski definition) is 2. The maximum Gasteiger partial charge on any atom is 0.315 e. The van der Waals surface area contributed by atoms with Gasteiger partial charge in [-0.3, -0.25) is 0 Å². The van der Waals surface area contributed by atoms with Gasteiger partial charge in [-0.25, -0.2) is 17.5 Å². The van der Waals surface area contributed by atoms with Gasteiger partial charge >= 0.3 is 6.03 Å². The zero-order valence-corrected chi connectivity index (χ0v) is 14.2. The molecule has 0 aromatic heterocycles. The molecule has 0 spiro atoms. The molecule has 2 amide bonds. The lowest BCUT2D eigenvalue weighted by Crippen LogP contribution is -2.48. The molecular formula is C15H23N3O4S. The Morgan fingerprint density at radius 2 is 1.87 bits per heavy atom. The summed E-state index contributed by atoms with van der Waals surface area (Å²) >= 11 is 0. The van der Waals surface area contributed by atoms with Crippen LogP contribution in [0.1, 0.15) is 18.4 Å². The van der Waals surface area contributed by atoms with E-state index in [9.17, 15) is 13.2 Å². The number of rotatable bonds is 5. The summed E-state index contributed by atoms with van der Waals surface area (Å²) in [6.45, 7) is 1.32. The van der Waals surface area contributed by atoms with Gasteiger partial charge in [-0.05, 0) is 30.5 Å². The molecule has 23 heavy (non-hydrogen) atoms. The van der Waals surface area contributed by atoms with E-state index in [4.69, 9.17) is 4.74 Å². The van der Waals surface area contributed by atoms with E-state index in [1.54, 1.807) is 7.11 Å². The number of benzene rings is 1. The lowest BCUT2D eigenvalue weighted by atomic mass is 10.1. The van der Waals surface area contributed by atoms with Gasteiger partial charge in [0.1, 0.15) is 5.75 Å². The Morgan fingerprint density at radius 3 is 2.39 bits per heavy atom. The summed E-state index contributed by atoms with van der Waals surface area (Å²) in [5.41, 5.74) is 0.979. The van der Waals surface area contributed by atoms with Crippen LogP contribution in [0.15, 0.2) is 24.3 Å². The molecule has 1 aromatic rings. The van der Waals surface area contributed by atoms with E-state index >= 15 is 0 Å². The fourth-order valence-electron chi connectivity index (χ4n) is 2.49. The average molecular weight is 341 g/mol. The van der Waals surface area contributed by atoms with Gasteiger partial charge in [-0.2, -0.15) is 0 Å². The number of methoxy groups -OCH3 is 1. The first kappa shape index (κ1) is 17.6. The first-order valence-corrected chi connectivity index (χ1v) is 9.36. The molecular weight excluding hydrogens is 318 g/mol. The van der Waals surface area contributed by atoms with Crippen LogP contribution >= 0.6 is 0 Å². The van der Waals surface area contributed by atoms with Gasteiger partial charge in [-0.15, -0.1) is 0 Å². The fraction of sp³-hybridized carbons (Fsp3) is 0.533. The first-order chi connectivity index (χ1) is 10.9. The second-order valence-corrected chi connectivity index (χ2v) is 7.59. The van der Waals surface area contributed by atoms with Crippen LogP contribution in [0, 0.1) is 0 Å². The molecule has 1 saturated heterocycles. The third-order valence-corrected chi connectivity index (χ3v) is 5.17. The molecule has 7 nitrogen and oxygen atoms in total. The lowest BCUT2D eigenvalue weighted by Gasteiger charge is -2.30. The van der Waals surface area contributed by atoms with Gasteiger partial charge in [-0.1, -0.05) is 12.1 Å². The number of ether oxygens (including phenoxy) is 1. The molecule has 0 bridgehead atoms. The molecule has 1 aromatic carbocycles. The van der Waals surface area contributed by atoms with Crippen LogP contribution in [-0.4, -0.2) is 51.3 Å². The topological polar surface area (TPSA) is 87.7 Å². The number of carbonyl (C=O) groups excluding carboxylic acids is 1. The average Bonchev–Trinajstić information content (AvgIpc) is 2.53. The number of nitrogens with zero attached hydrogens (tertiary/aromatic N) is 1. The van der Waals surface area contributed by atoms with Crippen molar-refractivity contribution < 1.29 is 17.9 Å². The molecule has 2 rings (SSSR count). The zero-order chi connectivity index (χ0) is 16.9. The van der Waals surface area contributed by atoms with Crippen molar-refractivity contribution in [2.45, 2.75) is 25.4 Å². The Bertz CT molecular complexity index is 623. The molecule has 1 fully saturated rings. The van der Waals surface area contributed by atoms with E-state index in [1.807, 2.05) is 24.3 Å². The highest BCUT2D eigenvalue weighted by molar-refractivity contribution is 7.88. The minimum atomic E-state index is -3.14. The number of sulfonamides is 1. The molecule has 1 aliphatic rings. The van der Waals surface area contributed by atoms with Gasteiger partial charge in [0.25, 0.3) is 0 Å². The fourth-order valence-corrected chi connectivity index (χ4v) is 3.37. The summed E-state index contributed by atoms with van der Waals surface area (Å²) in [5.74, 6) is 0.774. The van der Waals surface area contributed by atoms with Gasteiger partial charge in [0.2, 0.25) is 10.0 Å². The molecule has 0 atom stereocenters. The number of piperidine rings is 1. The van der Waals surface area contributed by atoms with Crippen molar-refractivity contribution in [3.05, 3.63) is 29.8 Å². The van der Waals surface area contributed by atoms with Crippen molar-refractivity contribution in [1.29, 1.82) is 0 Å². The van der Waals surface area contributed by atoms with Crippen LogP contribution in [0.3, 0.4) is 0 Å². The predicted molar refractivity (Wildman–Crippen MR) is 87.8 cm³/mol. The number of hydrogen-bond acceptors (Lipinski definition) is 4. The summed E-state index contributed by atoms with van der Waals surface area (Å²) in [4.78, 5) is 11.9. The summed E-state index contributed by atoms with van der Waals surface area (Å²) in [5, 5.41) is 5.69. The third kappa shape index (κ3) is 5.40. The van der Waals surface area contributed by atoms with Crippen LogP contribution in [0.5, 0.6) is 5.75 Å². The number of carbonyl (C=O) groups is 1. The first-order valence-electron chi connectivity index (χ1n) is 7.51. The Morgan fingerprint density at radius 1 is 1.26 bits per heavy atom. The normalized spacial score (nSPS) is 16.8. The van der Waals surface area contributed by atoms with Crippen LogP contribution < -0.4 is 15.4 Å². The highest BCUT2D eigenvalue weighted by Gasteiger charge is 2.25. The minimum Gasteiger partial charge on any atom is -0.497 e. The van der Waals surface area contributed by atoms with E-state index < -0.39 is 10.0 Å². The number of amides is 2. The maximum absolute atomic E-state index is 11.9. The van der Waals surface area contributed by atoms with Crippen LogP contribution in [0.4, 0.5) is 4.79 Å². The molecule has 128 valence electrons. The molecule has 2 N–H and O–H groups in total. The number of urea groups is 1. The quantitative estimate of drug-likeness (QED) is 0.834. The van der Waals surface area contributed by atoms with Gasteiger partial charge in [0, 0.05) is 25.7 Å². The standard InChI is InChI=1S/C15H23N3O4S/c1-22-14-5-3-12(4-6-14)11-16-15(19)17-13-7-9-18(10-8-13)23(2,20)21/h3-6,13H,7-11H2,1-2H3,(H2,16,17,19). The molecule has 8 heteroatoms. The van der Waals surface area contributed by atoms with Crippen molar-refractivity contribution in [2.24, 2.45) is 0 Å². The van der Waals surface area contributed by atoms with E-state index in [0.717, 1.165) is 11.3 Å². The smallest absolute Gasteiger partial charge is 0.315 e. The number of nitrogens with one attached hydrogen (secondary N) is 2. The van der Waals surface area contributed by atoms with Crippen molar-refractivity contribution >= 4 is 16.1 Å². The van der Waals surface area contributed by atoms with Crippen molar-refractivity contribution in [3.8, 4) is 5.75 Å². The molecule has 0 aliphatic carbocycles. The lowest BCUT2D eigenvalue weighted by molar-refractivity contribution is 0.227. The van der Waals surface area contributed by atoms with E-state index in [2.05, 4.69) is 10.6 Å². The zero-order valence-electron chi connectivity index (χ0n) is 13.4. The molecule has 0 saturated carbocycles. The van der Waals surface area contributed by atoms with Crippen molar-refractivity contribution in [3.63, 3.8) is 0 Å². The Labute approximate surface area is 137 Å². The summed E-state index contributed by atoms with van der Waals surface area (Å²) in [6, 6.07) is 7.24. The predicted octanol–water partition coefficient (Wildman–Crippen LogP) is 0.918. The monoisotopic (exact) mass is 341 g/mol. The van der Waals surface area contributed by atoms with Gasteiger partial charge in [0.05, 0.1) is 13.4 Å². The van der Waals surface area contributed by atoms with Gasteiger partial charge < -0.3 is 15.4 Å². The summed E-state index contributed by atoms with van der Waals surface area (Å²) < 4.78 is 29.4.